The molecular weight excluding hydrogens is 925 g/mol. The van der Waals surface area contributed by atoms with Crippen LogP contribution in [0, 0.1) is 21.4 Å². The Balaban J connectivity index is 0.815. The summed E-state index contributed by atoms with van der Waals surface area (Å²) in [6.07, 6.45) is 13.3. The van der Waals surface area contributed by atoms with Crippen molar-refractivity contribution >= 4 is 55.4 Å². The number of likely N-dealkylation sites (tertiary alicyclic amines) is 1. The monoisotopic (exact) mass is 986 g/mol. The Morgan fingerprint density at radius 3 is 2.58 bits per heavy atom. The number of aliphatic hydroxyl groups is 1. The van der Waals surface area contributed by atoms with E-state index >= 15 is 0 Å². The second kappa shape index (κ2) is 17.7. The maximum atomic E-state index is 14.7. The molecule has 71 heavy (non-hydrogen) atoms. The zero-order valence-electron chi connectivity index (χ0n) is 40.1. The Bertz CT molecular complexity index is 2990. The first-order chi connectivity index (χ1) is 34.3. The first-order valence-electron chi connectivity index (χ1n) is 25.5. The maximum absolute atomic E-state index is 14.7. The summed E-state index contributed by atoms with van der Waals surface area (Å²) in [5, 5.41) is 26.7. The molecule has 0 radical (unpaired) electrons. The number of pyridine rings is 1. The molecule has 5 aromatic rings. The van der Waals surface area contributed by atoms with Crippen molar-refractivity contribution in [3.05, 3.63) is 100 Å². The molecule has 2 aromatic heterocycles. The number of nitro groups is 1. The number of hydrogen-bond donors (Lipinski definition) is 4. The van der Waals surface area contributed by atoms with Gasteiger partial charge in [0.05, 0.1) is 58.1 Å². The summed E-state index contributed by atoms with van der Waals surface area (Å²) in [5.74, 6) is 0.718. The molecule has 18 heteroatoms. The van der Waals surface area contributed by atoms with Gasteiger partial charge in [0.25, 0.3) is 21.6 Å². The van der Waals surface area contributed by atoms with Gasteiger partial charge in [0.2, 0.25) is 5.88 Å². The van der Waals surface area contributed by atoms with Gasteiger partial charge in [-0.05, 0) is 144 Å². The Hall–Kier alpha value is -5.95. The molecule has 17 nitrogen and oxygen atoms in total. The predicted molar refractivity (Wildman–Crippen MR) is 268 cm³/mol. The number of benzene rings is 3. The first kappa shape index (κ1) is 46.1. The topological polar surface area (TPSA) is 205 Å². The average molecular weight is 987 g/mol. The summed E-state index contributed by atoms with van der Waals surface area (Å²) in [7, 11) is -4.62. The van der Waals surface area contributed by atoms with E-state index in [1.165, 1.54) is 49.8 Å². The number of rotatable bonds is 10. The van der Waals surface area contributed by atoms with Crippen molar-refractivity contribution < 1.29 is 37.5 Å². The van der Waals surface area contributed by atoms with Crippen LogP contribution in [0.4, 0.5) is 28.4 Å². The molecule has 5 aliphatic heterocycles. The molecule has 2 spiro atoms. The van der Waals surface area contributed by atoms with Crippen molar-refractivity contribution in [1.29, 1.82) is 0 Å². The highest BCUT2D eigenvalue weighted by atomic mass is 32.2. The van der Waals surface area contributed by atoms with Crippen molar-refractivity contribution in [1.82, 2.24) is 19.6 Å². The van der Waals surface area contributed by atoms with Gasteiger partial charge in [-0.15, -0.1) is 0 Å². The smallest absolute Gasteiger partial charge is 0.293 e. The number of sulfonamides is 1. The molecule has 2 saturated carbocycles. The van der Waals surface area contributed by atoms with Crippen LogP contribution >= 0.6 is 0 Å². The van der Waals surface area contributed by atoms with Crippen LogP contribution in [0.3, 0.4) is 0 Å². The summed E-state index contributed by atoms with van der Waals surface area (Å²) < 4.78 is 49.2. The number of ether oxygens (including phenoxy) is 3. The average Bonchev–Trinajstić information content (AvgIpc) is 4.03. The summed E-state index contributed by atoms with van der Waals surface area (Å²) in [6.45, 7) is 6.40. The third-order valence-electron chi connectivity index (χ3n) is 17.2. The van der Waals surface area contributed by atoms with E-state index in [2.05, 4.69) is 49.1 Å². The number of amides is 1. The third kappa shape index (κ3) is 8.33. The third-order valence-corrected chi connectivity index (χ3v) is 18.5. The molecule has 3 atom stereocenters. The van der Waals surface area contributed by atoms with Crippen LogP contribution in [-0.2, 0) is 20.3 Å². The van der Waals surface area contributed by atoms with E-state index in [1.54, 1.807) is 12.3 Å². The fraction of sp³-hybridized carbons (Fsp3) is 0.509. The standard InChI is InChI=1S/C53H62N8O9S/c1-51(63)16-12-34(13-17-51)31-55-41-11-9-38(28-43(41)61(64)65)71(66,67)57-49(62)39-10-8-36(27-42(39)60-44-26-35-14-21-54-48(35)56-50(44)70-47-33-68-32-45(47)60)58-23-18-52(19-24-58)29-37(30-52)59-22-5-4-15-53(59)20-25-69-46-7-3-2-6-40(46)53/h2-3,6-11,14,21,26-28,34,37,45,47,55,63H,4-5,12-13,15-20,22-25,29-33H2,1H3,(H,54,56)(H,57,62)/t34?,45-,47-,51?,53-/m1/s1. The number of anilines is 4. The number of aromatic nitrogens is 2. The van der Waals surface area contributed by atoms with Gasteiger partial charge in [-0.1, -0.05) is 18.2 Å². The van der Waals surface area contributed by atoms with Crippen molar-refractivity contribution in [3.8, 4) is 11.6 Å². The minimum atomic E-state index is -4.62. The van der Waals surface area contributed by atoms with Crippen LogP contribution in [0.25, 0.3) is 11.0 Å². The van der Waals surface area contributed by atoms with Crippen molar-refractivity contribution in [2.24, 2.45) is 11.3 Å². The van der Waals surface area contributed by atoms with Gasteiger partial charge in [-0.2, -0.15) is 4.98 Å². The normalized spacial score (nSPS) is 27.3. The fourth-order valence-corrected chi connectivity index (χ4v) is 14.2. The number of para-hydroxylation sites is 1. The number of aromatic amines is 1. The van der Waals surface area contributed by atoms with Gasteiger partial charge < -0.3 is 39.4 Å². The molecule has 3 saturated heterocycles. The molecule has 4 N–H and O–H groups in total. The Labute approximate surface area is 413 Å². The number of nitro benzene ring substituents is 1. The van der Waals surface area contributed by atoms with E-state index in [0.717, 1.165) is 81.2 Å². The maximum Gasteiger partial charge on any atom is 0.293 e. The molecule has 7 aliphatic rings. The SMILES string of the molecule is CC1(O)CCC(CNc2ccc(S(=O)(=O)NC(=O)c3ccc(N4CCC5(CC4)CC(N4CCCC[C@]46CCOc4ccccc46)C5)cc3N3c4cc5cc[nH]c5nc4O[C@@H]4COC[C@H]43)cc2[N+](=O)[O-])CC1. The van der Waals surface area contributed by atoms with Crippen LogP contribution in [-0.4, -0.2) is 109 Å². The number of nitrogens with one attached hydrogen (secondary N) is 3. The van der Waals surface area contributed by atoms with E-state index < -0.39 is 43.1 Å². The van der Waals surface area contributed by atoms with E-state index in [-0.39, 0.29) is 34.2 Å². The Morgan fingerprint density at radius 1 is 0.944 bits per heavy atom. The second-order valence-electron chi connectivity index (χ2n) is 21.6. The first-order valence-corrected chi connectivity index (χ1v) is 27.0. The summed E-state index contributed by atoms with van der Waals surface area (Å²) in [4.78, 5) is 41.2. The number of nitrogens with zero attached hydrogens (tertiary/aromatic N) is 5. The number of carbonyl (C=O) groups excluding carboxylic acids is 1. The highest BCUT2D eigenvalue weighted by Gasteiger charge is 2.54. The Kier molecular flexibility index (Phi) is 11.5. The minimum absolute atomic E-state index is 0.0355. The van der Waals surface area contributed by atoms with Crippen LogP contribution in [0.1, 0.15) is 99.9 Å². The quantitative estimate of drug-likeness (QED) is 0.0771. The summed E-state index contributed by atoms with van der Waals surface area (Å²) in [6, 6.07) is 21.9. The van der Waals surface area contributed by atoms with Gasteiger partial charge in [0, 0.05) is 61.0 Å². The molecule has 5 fully saturated rings. The lowest BCUT2D eigenvalue weighted by molar-refractivity contribution is -0.384. The van der Waals surface area contributed by atoms with Gasteiger partial charge in [-0.3, -0.25) is 19.8 Å². The Morgan fingerprint density at radius 2 is 1.76 bits per heavy atom. The lowest BCUT2D eigenvalue weighted by Crippen LogP contribution is -2.62. The second-order valence-corrected chi connectivity index (χ2v) is 23.3. The number of fused-ring (bicyclic) bond motifs is 5. The highest BCUT2D eigenvalue weighted by molar-refractivity contribution is 7.90. The molecule has 2 aliphatic carbocycles. The summed E-state index contributed by atoms with van der Waals surface area (Å²) >= 11 is 0. The summed E-state index contributed by atoms with van der Waals surface area (Å²) in [5.41, 5.74) is 3.44. The number of piperidine rings is 2. The van der Waals surface area contributed by atoms with Crippen LogP contribution < -0.4 is 29.3 Å². The predicted octanol–water partition coefficient (Wildman–Crippen LogP) is 8.15. The molecule has 0 bridgehead atoms. The van der Waals surface area contributed by atoms with Crippen molar-refractivity contribution in [2.75, 3.05) is 61.1 Å². The van der Waals surface area contributed by atoms with Crippen molar-refractivity contribution in [3.63, 3.8) is 0 Å². The van der Waals surface area contributed by atoms with E-state index in [4.69, 9.17) is 19.2 Å². The van der Waals surface area contributed by atoms with Gasteiger partial charge in [0.15, 0.2) is 0 Å². The molecule has 7 heterocycles. The van der Waals surface area contributed by atoms with Crippen LogP contribution in [0.5, 0.6) is 11.6 Å². The molecule has 12 rings (SSSR count). The molecule has 1 amide bonds. The lowest BCUT2D eigenvalue weighted by atomic mass is 9.58. The van der Waals surface area contributed by atoms with E-state index in [0.29, 0.717) is 61.5 Å². The van der Waals surface area contributed by atoms with Gasteiger partial charge >= 0.3 is 0 Å². The minimum Gasteiger partial charge on any atom is -0.493 e. The van der Waals surface area contributed by atoms with Crippen LogP contribution in [0.15, 0.2) is 83.9 Å². The molecule has 0 unspecified atom stereocenters. The fourth-order valence-electron chi connectivity index (χ4n) is 13.2. The van der Waals surface area contributed by atoms with Crippen LogP contribution in [0.2, 0.25) is 0 Å². The zero-order chi connectivity index (χ0) is 48.7. The number of hydrogen-bond acceptors (Lipinski definition) is 14. The number of carbonyl (C=O) groups is 1. The zero-order valence-corrected chi connectivity index (χ0v) is 40.9. The molecule has 374 valence electrons. The van der Waals surface area contributed by atoms with Crippen molar-refractivity contribution in [2.45, 2.75) is 118 Å². The van der Waals surface area contributed by atoms with E-state index in [1.807, 2.05) is 36.1 Å². The highest BCUT2D eigenvalue weighted by Crippen LogP contribution is 2.57. The lowest BCUT2D eigenvalue weighted by Gasteiger charge is -2.61. The van der Waals surface area contributed by atoms with Gasteiger partial charge in [0.1, 0.15) is 28.9 Å². The number of H-pyrrole nitrogens is 1. The largest absolute Gasteiger partial charge is 0.493 e. The molecular formula is C53H62N8O9S. The van der Waals surface area contributed by atoms with Gasteiger partial charge in [-0.25, -0.2) is 13.1 Å². The van der Waals surface area contributed by atoms with E-state index in [9.17, 15) is 28.4 Å². The molecule has 3 aromatic carbocycles.